The largest absolute Gasteiger partial charge is 0.378 e. The van der Waals surface area contributed by atoms with Gasteiger partial charge in [-0.25, -0.2) is 4.99 Å². The van der Waals surface area contributed by atoms with Crippen molar-refractivity contribution in [3.63, 3.8) is 0 Å². The van der Waals surface area contributed by atoms with E-state index in [1.807, 2.05) is 0 Å². The van der Waals surface area contributed by atoms with Crippen LogP contribution >= 0.6 is 24.0 Å². The summed E-state index contributed by atoms with van der Waals surface area (Å²) in [4.78, 5) is 20.9. The molecule has 2 fully saturated rings. The van der Waals surface area contributed by atoms with E-state index in [-0.39, 0.29) is 53.5 Å². The number of ether oxygens (including phenoxy) is 1. The Morgan fingerprint density at radius 3 is 2.33 bits per heavy atom. The van der Waals surface area contributed by atoms with Gasteiger partial charge < -0.3 is 20.3 Å². The first kappa shape index (κ1) is 27.9. The van der Waals surface area contributed by atoms with Crippen LogP contribution in [0.4, 0.5) is 0 Å². The highest BCUT2D eigenvalue weighted by Gasteiger charge is 2.58. The van der Waals surface area contributed by atoms with Crippen LogP contribution in [-0.4, -0.2) is 80.2 Å². The molecular formula is C25H42IN5O2. The zero-order chi connectivity index (χ0) is 23.4. The minimum atomic E-state index is -0.155. The van der Waals surface area contributed by atoms with Gasteiger partial charge in [0.25, 0.3) is 0 Å². The van der Waals surface area contributed by atoms with E-state index in [4.69, 9.17) is 4.74 Å². The minimum absolute atomic E-state index is 0. The van der Waals surface area contributed by atoms with E-state index in [2.05, 4.69) is 71.6 Å². The molecule has 1 aliphatic carbocycles. The summed E-state index contributed by atoms with van der Waals surface area (Å²) < 4.78 is 5.77. The van der Waals surface area contributed by atoms with E-state index in [0.29, 0.717) is 6.04 Å². The summed E-state index contributed by atoms with van der Waals surface area (Å²) in [6, 6.07) is 11.2. The summed E-state index contributed by atoms with van der Waals surface area (Å²) in [5.74, 6) is 0.733. The van der Waals surface area contributed by atoms with Gasteiger partial charge in [0.05, 0.1) is 5.60 Å². The molecule has 0 radical (unpaired) electrons. The number of hydrogen-bond donors (Lipinski definition) is 2. The van der Waals surface area contributed by atoms with Gasteiger partial charge in [0.15, 0.2) is 5.96 Å². The quantitative estimate of drug-likeness (QED) is 0.299. The number of halogens is 1. The van der Waals surface area contributed by atoms with Crippen molar-refractivity contribution < 1.29 is 9.53 Å². The van der Waals surface area contributed by atoms with Crippen molar-refractivity contribution in [3.05, 3.63) is 35.9 Å². The lowest BCUT2D eigenvalue weighted by Gasteiger charge is -2.59. The number of nitrogens with zero attached hydrogens (tertiary/aromatic N) is 3. The van der Waals surface area contributed by atoms with E-state index >= 15 is 0 Å². The summed E-state index contributed by atoms with van der Waals surface area (Å²) in [6.45, 7) is 9.85. The van der Waals surface area contributed by atoms with Crippen LogP contribution in [0.3, 0.4) is 0 Å². The SMILES string of the molecule is COC1(C)CC(NC(=NCC(=O)N(C)C)NC2CCN(Cc3ccccc3)CC2)C1(C)C.I. The molecule has 1 saturated carbocycles. The Morgan fingerprint density at radius 2 is 1.79 bits per heavy atom. The fraction of sp³-hybridized carbons (Fsp3) is 0.680. The number of likely N-dealkylation sites (N-methyl/N-ethyl adjacent to an activating group) is 1. The molecule has 1 heterocycles. The van der Waals surface area contributed by atoms with Gasteiger partial charge in [-0.05, 0) is 31.7 Å². The normalized spacial score (nSPS) is 25.5. The Kier molecular flexibility index (Phi) is 9.99. The third-order valence-electron chi connectivity index (χ3n) is 7.64. The van der Waals surface area contributed by atoms with Crippen LogP contribution in [0, 0.1) is 5.41 Å². The summed E-state index contributed by atoms with van der Waals surface area (Å²) >= 11 is 0. The fourth-order valence-electron chi connectivity index (χ4n) is 4.58. The number of amides is 1. The Balaban J connectivity index is 0.00000385. The predicted molar refractivity (Wildman–Crippen MR) is 145 cm³/mol. The molecule has 1 amide bonds. The topological polar surface area (TPSA) is 69.2 Å². The zero-order valence-electron chi connectivity index (χ0n) is 21.1. The van der Waals surface area contributed by atoms with Crippen molar-refractivity contribution in [1.29, 1.82) is 0 Å². The fourth-order valence-corrected chi connectivity index (χ4v) is 4.58. The smallest absolute Gasteiger partial charge is 0.243 e. The number of benzene rings is 1. The van der Waals surface area contributed by atoms with Crippen LogP contribution in [0.2, 0.25) is 0 Å². The molecule has 1 aliphatic heterocycles. The maximum absolute atomic E-state index is 12.1. The highest BCUT2D eigenvalue weighted by Crippen LogP contribution is 2.51. The number of nitrogens with one attached hydrogen (secondary N) is 2. The van der Waals surface area contributed by atoms with E-state index in [9.17, 15) is 4.79 Å². The lowest BCUT2D eigenvalue weighted by atomic mass is 9.56. The van der Waals surface area contributed by atoms with Gasteiger partial charge in [-0.1, -0.05) is 44.2 Å². The molecule has 0 aromatic heterocycles. The molecule has 2 unspecified atom stereocenters. The van der Waals surface area contributed by atoms with Gasteiger partial charge in [0.1, 0.15) is 6.54 Å². The lowest BCUT2D eigenvalue weighted by molar-refractivity contribution is -0.176. The molecule has 2 N–H and O–H groups in total. The molecule has 2 aliphatic rings. The first-order valence-corrected chi connectivity index (χ1v) is 11.7. The van der Waals surface area contributed by atoms with Crippen LogP contribution in [-0.2, 0) is 16.1 Å². The van der Waals surface area contributed by atoms with Gasteiger partial charge in [0, 0.05) is 58.3 Å². The third-order valence-corrected chi connectivity index (χ3v) is 7.64. The summed E-state index contributed by atoms with van der Waals surface area (Å²) in [7, 11) is 5.31. The molecule has 186 valence electrons. The van der Waals surface area contributed by atoms with Crippen molar-refractivity contribution in [3.8, 4) is 0 Å². The second kappa shape index (κ2) is 11.8. The first-order valence-electron chi connectivity index (χ1n) is 11.7. The maximum atomic E-state index is 12.1. The molecule has 2 atom stereocenters. The number of likely N-dealkylation sites (tertiary alicyclic amines) is 1. The highest BCUT2D eigenvalue weighted by atomic mass is 127. The number of piperidine rings is 1. The summed E-state index contributed by atoms with van der Waals surface area (Å²) in [5, 5.41) is 7.22. The molecule has 8 heteroatoms. The molecule has 1 aromatic carbocycles. The van der Waals surface area contributed by atoms with Gasteiger partial charge in [-0.15, -0.1) is 24.0 Å². The van der Waals surface area contributed by atoms with Crippen LogP contribution in [0.5, 0.6) is 0 Å². The van der Waals surface area contributed by atoms with Gasteiger partial charge >= 0.3 is 0 Å². The van der Waals surface area contributed by atoms with Crippen molar-refractivity contribution in [2.45, 2.75) is 64.3 Å². The van der Waals surface area contributed by atoms with E-state index in [0.717, 1.165) is 44.9 Å². The van der Waals surface area contributed by atoms with Crippen molar-refractivity contribution >= 4 is 35.8 Å². The van der Waals surface area contributed by atoms with Gasteiger partial charge in [-0.3, -0.25) is 9.69 Å². The van der Waals surface area contributed by atoms with E-state index in [1.54, 1.807) is 26.1 Å². The number of methoxy groups -OCH3 is 1. The van der Waals surface area contributed by atoms with Crippen LogP contribution in [0.1, 0.15) is 45.6 Å². The molecule has 3 rings (SSSR count). The van der Waals surface area contributed by atoms with E-state index < -0.39 is 0 Å². The molecule has 7 nitrogen and oxygen atoms in total. The number of carbonyl (C=O) groups excluding carboxylic acids is 1. The van der Waals surface area contributed by atoms with Gasteiger partial charge in [0.2, 0.25) is 5.91 Å². The predicted octanol–water partition coefficient (Wildman–Crippen LogP) is 3.10. The standard InChI is InChI=1S/C25H41N5O2.HI/c1-24(2)21(16-25(24,3)32-6)28-23(26-17-22(31)29(4)5)27-20-12-14-30(15-13-20)18-19-10-8-7-9-11-19;/h7-11,20-21H,12-18H2,1-6H3,(H2,26,27,28);1H. The Hall–Kier alpha value is -1.39. The third kappa shape index (κ3) is 6.82. The van der Waals surface area contributed by atoms with Crippen molar-refractivity contribution in [2.24, 2.45) is 10.4 Å². The first-order chi connectivity index (χ1) is 15.1. The second-order valence-electron chi connectivity index (χ2n) is 10.2. The molecule has 1 aromatic rings. The molecule has 0 spiro atoms. The molecule has 1 saturated heterocycles. The zero-order valence-corrected chi connectivity index (χ0v) is 23.4. The molecule has 33 heavy (non-hydrogen) atoms. The Bertz CT molecular complexity index is 793. The number of guanidine groups is 1. The molecule has 0 bridgehead atoms. The van der Waals surface area contributed by atoms with Crippen LogP contribution < -0.4 is 10.6 Å². The van der Waals surface area contributed by atoms with Gasteiger partial charge in [-0.2, -0.15) is 0 Å². The van der Waals surface area contributed by atoms with Crippen molar-refractivity contribution in [2.75, 3.05) is 40.8 Å². The van der Waals surface area contributed by atoms with E-state index in [1.165, 1.54) is 5.56 Å². The maximum Gasteiger partial charge on any atom is 0.243 e. The summed E-state index contributed by atoms with van der Waals surface area (Å²) in [5.41, 5.74) is 1.17. The number of rotatable bonds is 7. The average molecular weight is 572 g/mol. The molecular weight excluding hydrogens is 529 g/mol. The Morgan fingerprint density at radius 1 is 1.15 bits per heavy atom. The second-order valence-corrected chi connectivity index (χ2v) is 10.2. The van der Waals surface area contributed by atoms with Crippen molar-refractivity contribution in [1.82, 2.24) is 20.4 Å². The lowest BCUT2D eigenvalue weighted by Crippen LogP contribution is -2.70. The Labute approximate surface area is 216 Å². The minimum Gasteiger partial charge on any atom is -0.378 e. The number of hydrogen-bond acceptors (Lipinski definition) is 4. The average Bonchev–Trinajstić information content (AvgIpc) is 2.78. The number of aliphatic imine (C=N–C) groups is 1. The monoisotopic (exact) mass is 571 g/mol. The van der Waals surface area contributed by atoms with Crippen LogP contribution in [0.25, 0.3) is 0 Å². The highest BCUT2D eigenvalue weighted by molar-refractivity contribution is 14.0. The number of carbonyl (C=O) groups is 1. The summed E-state index contributed by atoms with van der Waals surface area (Å²) in [6.07, 6.45) is 3.02. The van der Waals surface area contributed by atoms with Crippen LogP contribution in [0.15, 0.2) is 35.3 Å².